The maximum atomic E-state index is 12.8. The highest BCUT2D eigenvalue weighted by molar-refractivity contribution is 8.01. The van der Waals surface area contributed by atoms with Crippen LogP contribution >= 0.6 is 11.8 Å². The molecule has 1 aromatic carbocycles. The van der Waals surface area contributed by atoms with E-state index in [1.54, 1.807) is 44.2 Å². The van der Waals surface area contributed by atoms with Gasteiger partial charge in [0.15, 0.2) is 0 Å². The van der Waals surface area contributed by atoms with Crippen molar-refractivity contribution in [2.24, 2.45) is 5.73 Å². The van der Waals surface area contributed by atoms with Gasteiger partial charge in [-0.25, -0.2) is 4.79 Å². The fraction of sp³-hybridized carbons (Fsp3) is 0.444. The molecular weight excluding hydrogens is 384 g/mol. The van der Waals surface area contributed by atoms with Gasteiger partial charge in [-0.3, -0.25) is 14.4 Å². The van der Waals surface area contributed by atoms with Crippen molar-refractivity contribution in [3.8, 4) is 0 Å². The van der Waals surface area contributed by atoms with E-state index in [2.05, 4.69) is 10.6 Å². The summed E-state index contributed by atoms with van der Waals surface area (Å²) in [5.74, 6) is -2.58. The number of rotatable bonds is 6. The first-order chi connectivity index (χ1) is 13.2. The molecule has 2 aliphatic heterocycles. The number of carbonyl (C=O) groups is 4. The van der Waals surface area contributed by atoms with Crippen LogP contribution in [0.25, 0.3) is 0 Å². The lowest BCUT2D eigenvalue weighted by Gasteiger charge is -2.44. The van der Waals surface area contributed by atoms with Gasteiger partial charge in [-0.2, -0.15) is 0 Å². The van der Waals surface area contributed by atoms with E-state index < -0.39 is 51.9 Å². The average molecular weight is 406 g/mol. The summed E-state index contributed by atoms with van der Waals surface area (Å²) in [5.41, 5.74) is 5.89. The summed E-state index contributed by atoms with van der Waals surface area (Å²) in [4.78, 5) is 50.0. The Bertz CT molecular complexity index is 815. The first kappa shape index (κ1) is 20.2. The number of fused-ring (bicyclic) bond motifs is 1. The number of β-lactam (4-membered cyclic amide) rings is 1. The highest BCUT2D eigenvalue weighted by atomic mass is 32.2. The van der Waals surface area contributed by atoms with E-state index in [4.69, 9.17) is 5.73 Å². The highest BCUT2D eigenvalue weighted by Gasteiger charge is 2.64. The van der Waals surface area contributed by atoms with Crippen LogP contribution in [0.1, 0.15) is 25.5 Å². The summed E-state index contributed by atoms with van der Waals surface area (Å²) in [7, 11) is 0. The van der Waals surface area contributed by atoms with Crippen LogP contribution in [0, 0.1) is 0 Å². The van der Waals surface area contributed by atoms with Crippen molar-refractivity contribution in [2.75, 3.05) is 6.54 Å². The third-order valence-corrected chi connectivity index (χ3v) is 6.43. The molecule has 3 amide bonds. The Morgan fingerprint density at radius 3 is 2.50 bits per heavy atom. The van der Waals surface area contributed by atoms with Crippen LogP contribution in [0.3, 0.4) is 0 Å². The molecule has 3 rings (SSSR count). The van der Waals surface area contributed by atoms with Gasteiger partial charge in [0, 0.05) is 4.75 Å². The molecule has 10 heteroatoms. The summed E-state index contributed by atoms with van der Waals surface area (Å²) in [6.45, 7) is 3.24. The van der Waals surface area contributed by atoms with Crippen molar-refractivity contribution < 1.29 is 24.3 Å². The number of hydrogen-bond donors (Lipinski definition) is 4. The first-order valence-corrected chi connectivity index (χ1v) is 9.63. The molecule has 0 bridgehead atoms. The number of nitrogens with two attached hydrogens (primary N) is 1. The van der Waals surface area contributed by atoms with Gasteiger partial charge in [-0.05, 0) is 19.4 Å². The number of carboxylic acid groups (broad SMARTS) is 1. The number of nitrogens with zero attached hydrogens (tertiary/aromatic N) is 1. The van der Waals surface area contributed by atoms with Gasteiger partial charge in [0.2, 0.25) is 17.7 Å². The van der Waals surface area contributed by atoms with E-state index in [1.165, 1.54) is 16.7 Å². The van der Waals surface area contributed by atoms with Gasteiger partial charge in [0.25, 0.3) is 0 Å². The zero-order chi connectivity index (χ0) is 20.6. The zero-order valence-corrected chi connectivity index (χ0v) is 16.2. The van der Waals surface area contributed by atoms with Crippen LogP contribution in [-0.2, 0) is 19.2 Å². The van der Waals surface area contributed by atoms with E-state index in [-0.39, 0.29) is 6.54 Å². The molecule has 0 spiro atoms. The Balaban J connectivity index is 1.77. The fourth-order valence-corrected chi connectivity index (χ4v) is 5.17. The molecular formula is C18H22N4O5S. The van der Waals surface area contributed by atoms with E-state index in [1.807, 2.05) is 0 Å². The van der Waals surface area contributed by atoms with Gasteiger partial charge in [-0.15, -0.1) is 11.8 Å². The lowest BCUT2D eigenvalue weighted by Crippen LogP contribution is -2.71. The molecule has 2 fully saturated rings. The van der Waals surface area contributed by atoms with Crippen LogP contribution in [0.15, 0.2) is 30.3 Å². The van der Waals surface area contributed by atoms with Crippen LogP contribution in [0.5, 0.6) is 0 Å². The minimum Gasteiger partial charge on any atom is -0.480 e. The standard InChI is InChI=1S/C18H22N4O5S/c1-18(2)13(17(26)27)22-15(25)12(16(22)28-18)21-14(24)11(20-10(23)8-19)9-6-4-3-5-7-9/h3-7,11-13,16H,8,19H2,1-2H3,(H,20,23)(H,21,24)(H,26,27). The number of thioether (sulfide) groups is 1. The maximum absolute atomic E-state index is 12.8. The Morgan fingerprint density at radius 1 is 1.29 bits per heavy atom. The van der Waals surface area contributed by atoms with Crippen molar-refractivity contribution in [2.45, 2.75) is 42.1 Å². The van der Waals surface area contributed by atoms with Gasteiger partial charge in [0.1, 0.15) is 23.5 Å². The Kier molecular flexibility index (Phi) is 5.35. The number of amides is 3. The second-order valence-corrected chi connectivity index (χ2v) is 8.97. The second-order valence-electron chi connectivity index (χ2n) is 7.20. The summed E-state index contributed by atoms with van der Waals surface area (Å²) in [6, 6.07) is 5.80. The molecule has 2 aliphatic rings. The number of aliphatic carboxylic acids is 1. The van der Waals surface area contributed by atoms with Crippen molar-refractivity contribution in [1.29, 1.82) is 0 Å². The lowest BCUT2D eigenvalue weighted by molar-refractivity contribution is -0.161. The van der Waals surface area contributed by atoms with Crippen LogP contribution in [0.4, 0.5) is 0 Å². The highest BCUT2D eigenvalue weighted by Crippen LogP contribution is 2.50. The Hall–Kier alpha value is -2.59. The topological polar surface area (TPSA) is 142 Å². The quantitative estimate of drug-likeness (QED) is 0.464. The summed E-state index contributed by atoms with van der Waals surface area (Å²) in [6.07, 6.45) is 0. The molecule has 4 unspecified atom stereocenters. The van der Waals surface area contributed by atoms with Crippen molar-refractivity contribution >= 4 is 35.5 Å². The number of benzene rings is 1. The molecule has 2 saturated heterocycles. The van der Waals surface area contributed by atoms with Crippen molar-refractivity contribution in [1.82, 2.24) is 15.5 Å². The van der Waals surface area contributed by atoms with Crippen molar-refractivity contribution in [3.05, 3.63) is 35.9 Å². The van der Waals surface area contributed by atoms with E-state index >= 15 is 0 Å². The summed E-state index contributed by atoms with van der Waals surface area (Å²) in [5, 5.41) is 14.2. The largest absolute Gasteiger partial charge is 0.480 e. The summed E-state index contributed by atoms with van der Waals surface area (Å²) >= 11 is 1.34. The molecule has 0 aliphatic carbocycles. The zero-order valence-electron chi connectivity index (χ0n) is 15.4. The number of nitrogens with one attached hydrogen (secondary N) is 2. The number of carbonyl (C=O) groups excluding carboxylic acids is 3. The molecule has 2 heterocycles. The molecule has 150 valence electrons. The maximum Gasteiger partial charge on any atom is 0.327 e. The van der Waals surface area contributed by atoms with E-state index in [0.29, 0.717) is 5.56 Å². The molecule has 0 saturated carbocycles. The van der Waals surface area contributed by atoms with Crippen LogP contribution < -0.4 is 16.4 Å². The monoisotopic (exact) mass is 406 g/mol. The van der Waals surface area contributed by atoms with Crippen LogP contribution in [0.2, 0.25) is 0 Å². The third-order valence-electron chi connectivity index (χ3n) is 4.86. The van der Waals surface area contributed by atoms with Crippen molar-refractivity contribution in [3.63, 3.8) is 0 Å². The van der Waals surface area contributed by atoms with Crippen LogP contribution in [-0.4, -0.2) is 62.4 Å². The molecule has 9 nitrogen and oxygen atoms in total. The number of carboxylic acids is 1. The first-order valence-electron chi connectivity index (χ1n) is 8.75. The van der Waals surface area contributed by atoms with Gasteiger partial charge in [-0.1, -0.05) is 30.3 Å². The van der Waals surface area contributed by atoms with E-state index in [9.17, 15) is 24.3 Å². The normalized spacial score (nSPS) is 26.0. The van der Waals surface area contributed by atoms with Gasteiger partial charge < -0.3 is 26.4 Å². The molecule has 4 atom stereocenters. The number of hydrogen-bond acceptors (Lipinski definition) is 6. The minimum atomic E-state index is -1.07. The average Bonchev–Trinajstić information content (AvgIpc) is 2.92. The Morgan fingerprint density at radius 2 is 1.93 bits per heavy atom. The van der Waals surface area contributed by atoms with Gasteiger partial charge in [0.05, 0.1) is 6.54 Å². The summed E-state index contributed by atoms with van der Waals surface area (Å²) < 4.78 is -0.682. The second kappa shape index (κ2) is 7.44. The molecule has 28 heavy (non-hydrogen) atoms. The smallest absolute Gasteiger partial charge is 0.327 e. The SMILES string of the molecule is CC1(C)SC2C(NC(=O)C(NC(=O)CN)c3ccccc3)C(=O)N2C1C(=O)O. The molecule has 0 radical (unpaired) electrons. The molecule has 0 aromatic heterocycles. The molecule has 5 N–H and O–H groups in total. The molecule has 1 aromatic rings. The predicted octanol–water partition coefficient (Wildman–Crippen LogP) is -0.566. The van der Waals surface area contributed by atoms with Gasteiger partial charge >= 0.3 is 5.97 Å². The Labute approximate surface area is 166 Å². The predicted molar refractivity (Wildman–Crippen MR) is 102 cm³/mol. The fourth-order valence-electron chi connectivity index (χ4n) is 3.55. The minimum absolute atomic E-state index is 0.278. The lowest BCUT2D eigenvalue weighted by atomic mass is 9.95. The third kappa shape index (κ3) is 3.45. The van der Waals surface area contributed by atoms with E-state index in [0.717, 1.165) is 0 Å².